The number of pyridine rings is 1. The molecule has 1 fully saturated rings. The molecular weight excluding hydrogens is 286 g/mol. The van der Waals surface area contributed by atoms with Crippen LogP contribution in [-0.4, -0.2) is 17.7 Å². The molecule has 0 bridgehead atoms. The zero-order valence-electron chi connectivity index (χ0n) is 11.8. The van der Waals surface area contributed by atoms with E-state index >= 15 is 0 Å². The lowest BCUT2D eigenvalue weighted by Crippen LogP contribution is -2.29. The molecule has 0 atom stereocenters. The fourth-order valence-electron chi connectivity index (χ4n) is 3.19. The van der Waals surface area contributed by atoms with E-state index in [-0.39, 0.29) is 17.0 Å². The van der Waals surface area contributed by atoms with Gasteiger partial charge in [0, 0.05) is 17.5 Å². The molecule has 1 aromatic carbocycles. The number of benzene rings is 1. The first-order valence-corrected chi connectivity index (χ1v) is 7.44. The number of aromatic nitrogens is 1. The van der Waals surface area contributed by atoms with E-state index in [1.807, 2.05) is 12.1 Å². The van der Waals surface area contributed by atoms with Crippen molar-refractivity contribution < 1.29 is 0 Å². The molecule has 1 saturated heterocycles. The molecule has 0 unspecified atom stereocenters. The molecule has 1 aliphatic heterocycles. The van der Waals surface area contributed by atoms with E-state index in [0.717, 1.165) is 42.4 Å². The van der Waals surface area contributed by atoms with Gasteiger partial charge < -0.3 is 9.88 Å². The number of hydrogen-bond donors (Lipinski definition) is 1. The minimum absolute atomic E-state index is 0.221. The Labute approximate surface area is 127 Å². The number of nitrogens with zero attached hydrogens (tertiary/aromatic N) is 2. The van der Waals surface area contributed by atoms with Gasteiger partial charge in [-0.1, -0.05) is 11.6 Å². The number of nitrogens with one attached hydrogen (secondary N) is 1. The summed E-state index contributed by atoms with van der Waals surface area (Å²) in [5.74, 6) is 0.232. The minimum atomic E-state index is -0.221. The molecule has 1 aromatic heterocycles. The Balaban J connectivity index is 2.39. The Hall–Kier alpha value is -1.83. The Morgan fingerprint density at radius 3 is 2.76 bits per heavy atom. The van der Waals surface area contributed by atoms with Gasteiger partial charge in [0.05, 0.1) is 5.52 Å². The summed E-state index contributed by atoms with van der Waals surface area (Å²) in [4.78, 5) is 12.5. The second kappa shape index (κ2) is 5.51. The van der Waals surface area contributed by atoms with Crippen LogP contribution >= 0.6 is 11.6 Å². The third kappa shape index (κ3) is 2.33. The average molecular weight is 302 g/mol. The van der Waals surface area contributed by atoms with Crippen LogP contribution in [0.3, 0.4) is 0 Å². The van der Waals surface area contributed by atoms with Crippen LogP contribution in [0, 0.1) is 11.3 Å². The highest BCUT2D eigenvalue weighted by atomic mass is 35.5. The standard InChI is InChI=1S/C16H16ClN3O/c1-20-14-3-2-11(17)8-12(14)15(13(9-18)16(20)21)10-4-6-19-7-5-10/h2-3,8,10,19H,4-7H2,1H3. The second-order valence-corrected chi connectivity index (χ2v) is 5.89. The number of hydrogen-bond acceptors (Lipinski definition) is 3. The average Bonchev–Trinajstić information content (AvgIpc) is 2.51. The molecule has 1 aliphatic rings. The van der Waals surface area contributed by atoms with E-state index in [1.54, 1.807) is 13.1 Å². The quantitative estimate of drug-likeness (QED) is 0.880. The van der Waals surface area contributed by atoms with Crippen molar-refractivity contribution in [1.82, 2.24) is 9.88 Å². The zero-order chi connectivity index (χ0) is 15.0. The molecule has 108 valence electrons. The molecule has 3 rings (SSSR count). The largest absolute Gasteiger partial charge is 0.317 e. The van der Waals surface area contributed by atoms with Gasteiger partial charge in [0.15, 0.2) is 0 Å². The lowest BCUT2D eigenvalue weighted by molar-refractivity contribution is 0.461. The van der Waals surface area contributed by atoms with Gasteiger partial charge in [-0.2, -0.15) is 5.26 Å². The summed E-state index contributed by atoms with van der Waals surface area (Å²) in [7, 11) is 1.70. The van der Waals surface area contributed by atoms with Crippen molar-refractivity contribution in [2.24, 2.45) is 7.05 Å². The molecule has 0 spiro atoms. The second-order valence-electron chi connectivity index (χ2n) is 5.45. The summed E-state index contributed by atoms with van der Waals surface area (Å²) in [5, 5.41) is 14.3. The number of piperidine rings is 1. The van der Waals surface area contributed by atoms with Crippen LogP contribution in [0.4, 0.5) is 0 Å². The third-order valence-electron chi connectivity index (χ3n) is 4.26. The highest BCUT2D eigenvalue weighted by molar-refractivity contribution is 6.31. The first-order chi connectivity index (χ1) is 10.1. The van der Waals surface area contributed by atoms with Crippen LogP contribution in [0.5, 0.6) is 0 Å². The first-order valence-electron chi connectivity index (χ1n) is 7.06. The molecule has 2 heterocycles. The zero-order valence-corrected chi connectivity index (χ0v) is 12.6. The van der Waals surface area contributed by atoms with Crippen molar-refractivity contribution in [1.29, 1.82) is 5.26 Å². The number of rotatable bonds is 1. The van der Waals surface area contributed by atoms with E-state index < -0.39 is 0 Å². The number of aryl methyl sites for hydroxylation is 1. The molecule has 0 amide bonds. The summed E-state index contributed by atoms with van der Waals surface area (Å²) in [5.41, 5.74) is 1.75. The molecule has 4 nitrogen and oxygen atoms in total. The summed E-state index contributed by atoms with van der Waals surface area (Å²) in [6.45, 7) is 1.82. The third-order valence-corrected chi connectivity index (χ3v) is 4.49. The summed E-state index contributed by atoms with van der Waals surface area (Å²) >= 11 is 6.13. The summed E-state index contributed by atoms with van der Waals surface area (Å²) in [6, 6.07) is 7.62. The van der Waals surface area contributed by atoms with Gasteiger partial charge in [0.2, 0.25) is 0 Å². The lowest BCUT2D eigenvalue weighted by atomic mass is 9.85. The van der Waals surface area contributed by atoms with Gasteiger partial charge in [0.25, 0.3) is 5.56 Å². The Kier molecular flexibility index (Phi) is 3.71. The summed E-state index contributed by atoms with van der Waals surface area (Å²) in [6.07, 6.45) is 1.87. The van der Waals surface area contributed by atoms with Crippen LogP contribution in [0.25, 0.3) is 10.9 Å². The SMILES string of the molecule is Cn1c(=O)c(C#N)c(C2CCNCC2)c2cc(Cl)ccc21. The van der Waals surface area contributed by atoms with Crippen LogP contribution in [-0.2, 0) is 7.05 Å². The highest BCUT2D eigenvalue weighted by Crippen LogP contribution is 2.33. The van der Waals surface area contributed by atoms with E-state index in [0.29, 0.717) is 5.02 Å². The van der Waals surface area contributed by atoms with Gasteiger partial charge in [-0.3, -0.25) is 4.79 Å². The fourth-order valence-corrected chi connectivity index (χ4v) is 3.36. The topological polar surface area (TPSA) is 57.8 Å². The fraction of sp³-hybridized carbons (Fsp3) is 0.375. The van der Waals surface area contributed by atoms with Crippen molar-refractivity contribution in [3.63, 3.8) is 0 Å². The number of nitriles is 1. The molecule has 0 radical (unpaired) electrons. The van der Waals surface area contributed by atoms with Crippen molar-refractivity contribution in [2.45, 2.75) is 18.8 Å². The monoisotopic (exact) mass is 301 g/mol. The van der Waals surface area contributed by atoms with Gasteiger partial charge in [-0.05, 0) is 55.6 Å². The Morgan fingerprint density at radius 2 is 2.10 bits per heavy atom. The lowest BCUT2D eigenvalue weighted by Gasteiger charge is -2.25. The van der Waals surface area contributed by atoms with Crippen LogP contribution < -0.4 is 10.9 Å². The maximum absolute atomic E-state index is 12.5. The van der Waals surface area contributed by atoms with Crippen LogP contribution in [0.2, 0.25) is 5.02 Å². The predicted octanol–water partition coefficient (Wildman–Crippen LogP) is 2.53. The maximum Gasteiger partial charge on any atom is 0.268 e. The van der Waals surface area contributed by atoms with E-state index in [2.05, 4.69) is 11.4 Å². The van der Waals surface area contributed by atoms with Gasteiger partial charge in [-0.25, -0.2) is 0 Å². The highest BCUT2D eigenvalue weighted by Gasteiger charge is 2.24. The number of halogens is 1. The Bertz CT molecular complexity index is 798. The molecule has 1 N–H and O–H groups in total. The Morgan fingerprint density at radius 1 is 1.38 bits per heavy atom. The van der Waals surface area contributed by atoms with E-state index in [4.69, 9.17) is 11.6 Å². The van der Waals surface area contributed by atoms with Crippen molar-refractivity contribution >= 4 is 22.5 Å². The normalized spacial score (nSPS) is 16.0. The molecule has 2 aromatic rings. The molecule has 0 saturated carbocycles. The number of fused-ring (bicyclic) bond motifs is 1. The van der Waals surface area contributed by atoms with Crippen LogP contribution in [0.15, 0.2) is 23.0 Å². The molecule has 5 heteroatoms. The van der Waals surface area contributed by atoms with Crippen molar-refractivity contribution in [3.05, 3.63) is 44.7 Å². The van der Waals surface area contributed by atoms with Gasteiger partial charge in [-0.15, -0.1) is 0 Å². The van der Waals surface area contributed by atoms with Crippen LogP contribution in [0.1, 0.15) is 29.9 Å². The van der Waals surface area contributed by atoms with E-state index in [9.17, 15) is 10.1 Å². The molecule has 21 heavy (non-hydrogen) atoms. The van der Waals surface area contributed by atoms with E-state index in [1.165, 1.54) is 4.57 Å². The van der Waals surface area contributed by atoms with Gasteiger partial charge >= 0.3 is 0 Å². The first kappa shape index (κ1) is 14.1. The van der Waals surface area contributed by atoms with Gasteiger partial charge in [0.1, 0.15) is 11.6 Å². The maximum atomic E-state index is 12.5. The predicted molar refractivity (Wildman–Crippen MR) is 83.8 cm³/mol. The molecular formula is C16H16ClN3O. The van der Waals surface area contributed by atoms with Crippen molar-refractivity contribution in [2.75, 3.05) is 13.1 Å². The molecule has 0 aliphatic carbocycles. The summed E-state index contributed by atoms with van der Waals surface area (Å²) < 4.78 is 1.54. The smallest absolute Gasteiger partial charge is 0.268 e. The minimum Gasteiger partial charge on any atom is -0.317 e. The van der Waals surface area contributed by atoms with Crippen molar-refractivity contribution in [3.8, 4) is 6.07 Å².